The third kappa shape index (κ3) is 5.89. The number of benzene rings is 2. The predicted octanol–water partition coefficient (Wildman–Crippen LogP) is 3.64. The molecule has 0 saturated carbocycles. The van der Waals surface area contributed by atoms with E-state index in [2.05, 4.69) is 25.1 Å². The van der Waals surface area contributed by atoms with E-state index in [4.69, 9.17) is 5.73 Å². The highest BCUT2D eigenvalue weighted by molar-refractivity contribution is 6.05. The molecule has 1 aromatic heterocycles. The number of fused-ring (bicyclic) bond motifs is 1. The third-order valence-corrected chi connectivity index (χ3v) is 7.10. The van der Waals surface area contributed by atoms with Crippen molar-refractivity contribution < 1.29 is 18.0 Å². The smallest absolute Gasteiger partial charge is 0.368 e. The number of likely N-dealkylation sites (N-methyl/N-ethyl adjacent to an activating group) is 1. The Labute approximate surface area is 219 Å². The van der Waals surface area contributed by atoms with Gasteiger partial charge >= 0.3 is 6.18 Å². The SMILES string of the molecule is CN1CCN(Cc2ccc(NC(=O)c3ccc4c(c3)N(Cc3cnc(N)nc3)CC4)cc2C(F)(F)F)CC1. The van der Waals surface area contributed by atoms with Crippen LogP contribution in [0.15, 0.2) is 48.8 Å². The Hall–Kier alpha value is -3.70. The monoisotopic (exact) mass is 525 g/mol. The summed E-state index contributed by atoms with van der Waals surface area (Å²) in [6.45, 7) is 4.62. The lowest BCUT2D eigenvalue weighted by molar-refractivity contribution is -0.138. The number of nitrogens with zero attached hydrogens (tertiary/aromatic N) is 5. The van der Waals surface area contributed by atoms with Gasteiger partial charge in [0.1, 0.15) is 0 Å². The fraction of sp³-hybridized carbons (Fsp3) is 0.370. The van der Waals surface area contributed by atoms with Crippen molar-refractivity contribution in [3.05, 3.63) is 76.6 Å². The van der Waals surface area contributed by atoms with Crippen molar-refractivity contribution in [2.75, 3.05) is 55.7 Å². The molecule has 5 rings (SSSR count). The van der Waals surface area contributed by atoms with Gasteiger partial charge in [0.05, 0.1) is 5.56 Å². The van der Waals surface area contributed by atoms with Crippen LogP contribution in [0.5, 0.6) is 0 Å². The maximum Gasteiger partial charge on any atom is 0.416 e. The van der Waals surface area contributed by atoms with Crippen LogP contribution in [-0.4, -0.2) is 65.4 Å². The van der Waals surface area contributed by atoms with Gasteiger partial charge in [0, 0.05) is 80.7 Å². The van der Waals surface area contributed by atoms with Crippen LogP contribution in [0.3, 0.4) is 0 Å². The molecule has 3 N–H and O–H groups in total. The van der Waals surface area contributed by atoms with E-state index in [1.165, 1.54) is 6.07 Å². The first kappa shape index (κ1) is 25.9. The molecule has 2 aromatic carbocycles. The molecule has 0 aliphatic carbocycles. The number of rotatable bonds is 6. The van der Waals surface area contributed by atoms with E-state index in [-0.39, 0.29) is 23.7 Å². The highest BCUT2D eigenvalue weighted by Gasteiger charge is 2.34. The van der Waals surface area contributed by atoms with Crippen LogP contribution < -0.4 is 16.0 Å². The molecule has 1 amide bonds. The molecule has 1 fully saturated rings. The van der Waals surface area contributed by atoms with Crippen molar-refractivity contribution >= 4 is 23.2 Å². The summed E-state index contributed by atoms with van der Waals surface area (Å²) >= 11 is 0. The van der Waals surface area contributed by atoms with Crippen LogP contribution in [0.4, 0.5) is 30.5 Å². The molecule has 3 aromatic rings. The second-order valence-corrected chi connectivity index (χ2v) is 9.87. The summed E-state index contributed by atoms with van der Waals surface area (Å²) in [5, 5.41) is 2.66. The molecule has 11 heteroatoms. The summed E-state index contributed by atoms with van der Waals surface area (Å²) in [5.41, 5.74) is 8.44. The minimum Gasteiger partial charge on any atom is -0.368 e. The Morgan fingerprint density at radius 2 is 1.74 bits per heavy atom. The maximum atomic E-state index is 13.9. The van der Waals surface area contributed by atoms with Crippen LogP contribution in [0.2, 0.25) is 0 Å². The lowest BCUT2D eigenvalue weighted by Crippen LogP contribution is -2.44. The fourth-order valence-electron chi connectivity index (χ4n) is 4.92. The number of aromatic nitrogens is 2. The van der Waals surface area contributed by atoms with Crippen LogP contribution in [0.25, 0.3) is 0 Å². The summed E-state index contributed by atoms with van der Waals surface area (Å²) in [5.74, 6) is -0.258. The molecular weight excluding hydrogens is 495 g/mol. The molecule has 1 saturated heterocycles. The predicted molar refractivity (Wildman–Crippen MR) is 140 cm³/mol. The highest BCUT2D eigenvalue weighted by atomic mass is 19.4. The first-order valence-corrected chi connectivity index (χ1v) is 12.5. The maximum absolute atomic E-state index is 13.9. The Morgan fingerprint density at radius 3 is 2.45 bits per heavy atom. The van der Waals surface area contributed by atoms with Gasteiger partial charge in [-0.3, -0.25) is 9.69 Å². The van der Waals surface area contributed by atoms with Gasteiger partial charge in [0.2, 0.25) is 5.95 Å². The molecule has 0 bridgehead atoms. The molecule has 0 spiro atoms. The second-order valence-electron chi connectivity index (χ2n) is 9.87. The molecular formula is C27H30F3N7O. The molecule has 2 aliphatic rings. The zero-order valence-corrected chi connectivity index (χ0v) is 21.1. The first-order chi connectivity index (χ1) is 18.2. The van der Waals surface area contributed by atoms with Gasteiger partial charge in [-0.2, -0.15) is 13.2 Å². The largest absolute Gasteiger partial charge is 0.416 e. The summed E-state index contributed by atoms with van der Waals surface area (Å²) < 4.78 is 41.8. The van der Waals surface area contributed by atoms with Crippen molar-refractivity contribution in [1.82, 2.24) is 19.8 Å². The van der Waals surface area contributed by atoms with E-state index in [1.807, 2.05) is 18.0 Å². The second kappa shape index (κ2) is 10.6. The van der Waals surface area contributed by atoms with Crippen LogP contribution >= 0.6 is 0 Å². The van der Waals surface area contributed by atoms with Gasteiger partial charge in [0.15, 0.2) is 0 Å². The highest BCUT2D eigenvalue weighted by Crippen LogP contribution is 2.35. The minimum atomic E-state index is -4.53. The molecule has 0 unspecified atom stereocenters. The van der Waals surface area contributed by atoms with Crippen molar-refractivity contribution in [3.8, 4) is 0 Å². The Bertz CT molecular complexity index is 1310. The lowest BCUT2D eigenvalue weighted by atomic mass is 10.0. The summed E-state index contributed by atoms with van der Waals surface area (Å²) in [7, 11) is 2.00. The number of alkyl halides is 3. The van der Waals surface area contributed by atoms with Crippen LogP contribution in [-0.2, 0) is 25.7 Å². The van der Waals surface area contributed by atoms with Gasteiger partial charge in [0.25, 0.3) is 5.91 Å². The minimum absolute atomic E-state index is 0.112. The van der Waals surface area contributed by atoms with Crippen molar-refractivity contribution in [1.29, 1.82) is 0 Å². The van der Waals surface area contributed by atoms with Crippen LogP contribution in [0.1, 0.15) is 32.6 Å². The molecule has 2 aliphatic heterocycles. The molecule has 38 heavy (non-hydrogen) atoms. The normalized spacial score (nSPS) is 16.5. The van der Waals surface area contributed by atoms with E-state index in [1.54, 1.807) is 30.6 Å². The average molecular weight is 526 g/mol. The summed E-state index contributed by atoms with van der Waals surface area (Å²) in [4.78, 5) is 27.4. The zero-order chi connectivity index (χ0) is 26.9. The number of carbonyl (C=O) groups is 1. The van der Waals surface area contributed by atoms with E-state index in [0.29, 0.717) is 25.2 Å². The van der Waals surface area contributed by atoms with E-state index >= 15 is 0 Å². The zero-order valence-electron chi connectivity index (χ0n) is 21.1. The summed E-state index contributed by atoms with van der Waals surface area (Å²) in [6, 6.07) is 9.42. The van der Waals surface area contributed by atoms with Gasteiger partial charge in [-0.1, -0.05) is 12.1 Å². The number of nitrogen functional groups attached to an aromatic ring is 1. The van der Waals surface area contributed by atoms with Gasteiger partial charge in [-0.25, -0.2) is 9.97 Å². The standard InChI is InChI=1S/C27H30F3N7O/c1-35-8-10-36(11-9-35)17-21-4-5-22(13-23(21)27(28,29)30)34-25(38)20-3-2-19-6-7-37(24(19)12-20)16-18-14-32-26(31)33-15-18/h2-5,12-15H,6-11,16-17H2,1H3,(H,34,38)(H2,31,32,33). The third-order valence-electron chi connectivity index (χ3n) is 7.10. The van der Waals surface area contributed by atoms with Crippen molar-refractivity contribution in [3.63, 3.8) is 0 Å². The number of amides is 1. The average Bonchev–Trinajstić information content (AvgIpc) is 3.29. The molecule has 8 nitrogen and oxygen atoms in total. The Morgan fingerprint density at radius 1 is 1.00 bits per heavy atom. The van der Waals surface area contributed by atoms with Crippen LogP contribution in [0, 0.1) is 0 Å². The number of halogens is 3. The number of carbonyl (C=O) groups excluding carboxylic acids is 1. The molecule has 3 heterocycles. The van der Waals surface area contributed by atoms with Crippen molar-refractivity contribution in [2.24, 2.45) is 0 Å². The topological polar surface area (TPSA) is 90.6 Å². The Kier molecular flexibility index (Phi) is 7.22. The molecule has 0 radical (unpaired) electrons. The number of piperazine rings is 1. The number of nitrogens with one attached hydrogen (secondary N) is 1. The quantitative estimate of drug-likeness (QED) is 0.508. The first-order valence-electron chi connectivity index (χ1n) is 12.5. The fourth-order valence-corrected chi connectivity index (χ4v) is 4.92. The van der Waals surface area contributed by atoms with Crippen molar-refractivity contribution in [2.45, 2.75) is 25.7 Å². The number of anilines is 3. The number of nitrogens with two attached hydrogens (primary N) is 1. The number of hydrogen-bond donors (Lipinski definition) is 2. The lowest BCUT2D eigenvalue weighted by Gasteiger charge is -2.33. The van der Waals surface area contributed by atoms with E-state index in [9.17, 15) is 18.0 Å². The summed E-state index contributed by atoms with van der Waals surface area (Å²) in [6.07, 6.45) is -0.357. The van der Waals surface area contributed by atoms with Gasteiger partial charge in [-0.05, 0) is 48.9 Å². The van der Waals surface area contributed by atoms with E-state index < -0.39 is 17.6 Å². The number of hydrogen-bond acceptors (Lipinski definition) is 7. The Balaban J connectivity index is 1.31. The van der Waals surface area contributed by atoms with Gasteiger partial charge in [-0.15, -0.1) is 0 Å². The molecule has 0 atom stereocenters. The molecule has 200 valence electrons. The van der Waals surface area contributed by atoms with Gasteiger partial charge < -0.3 is 20.9 Å². The van der Waals surface area contributed by atoms with E-state index in [0.717, 1.165) is 48.9 Å².